The van der Waals surface area contributed by atoms with Crippen molar-refractivity contribution < 1.29 is 18.8 Å². The van der Waals surface area contributed by atoms with Gasteiger partial charge in [0.15, 0.2) is 5.76 Å². The first-order chi connectivity index (χ1) is 14.9. The lowest BCUT2D eigenvalue weighted by Gasteiger charge is -2.35. The topological polar surface area (TPSA) is 91.7 Å². The molecule has 31 heavy (non-hydrogen) atoms. The summed E-state index contributed by atoms with van der Waals surface area (Å²) in [4.78, 5) is 39.3. The zero-order valence-electron chi connectivity index (χ0n) is 17.3. The van der Waals surface area contributed by atoms with E-state index in [0.29, 0.717) is 24.3 Å². The summed E-state index contributed by atoms with van der Waals surface area (Å²) in [5, 5.41) is 5.66. The molecule has 0 saturated carbocycles. The van der Waals surface area contributed by atoms with Crippen molar-refractivity contribution >= 4 is 29.1 Å². The lowest BCUT2D eigenvalue weighted by Crippen LogP contribution is -2.50. The second-order valence-electron chi connectivity index (χ2n) is 7.60. The predicted octanol–water partition coefficient (Wildman–Crippen LogP) is 3.75. The normalized spacial score (nSPS) is 15.2. The lowest BCUT2D eigenvalue weighted by atomic mass is 9.93. The van der Waals surface area contributed by atoms with Crippen molar-refractivity contribution in [1.82, 2.24) is 4.90 Å². The molecule has 1 aromatic heterocycles. The van der Waals surface area contributed by atoms with Gasteiger partial charge in [0.2, 0.25) is 11.8 Å². The van der Waals surface area contributed by atoms with Crippen LogP contribution in [0.25, 0.3) is 0 Å². The van der Waals surface area contributed by atoms with Crippen molar-refractivity contribution in [2.45, 2.75) is 32.9 Å². The van der Waals surface area contributed by atoms with Crippen LogP contribution in [0.4, 0.5) is 11.4 Å². The van der Waals surface area contributed by atoms with Crippen LogP contribution in [0.5, 0.6) is 0 Å². The third-order valence-electron chi connectivity index (χ3n) is 5.36. The van der Waals surface area contributed by atoms with Crippen molar-refractivity contribution in [3.63, 3.8) is 0 Å². The number of aryl methyl sites for hydroxylation is 1. The Kier molecular flexibility index (Phi) is 5.58. The van der Waals surface area contributed by atoms with Gasteiger partial charge in [-0.05, 0) is 47.9 Å². The van der Waals surface area contributed by atoms with Crippen LogP contribution in [-0.2, 0) is 22.6 Å². The maximum Gasteiger partial charge on any atom is 0.290 e. The third-order valence-corrected chi connectivity index (χ3v) is 5.36. The van der Waals surface area contributed by atoms with Crippen LogP contribution in [0, 0.1) is 6.92 Å². The number of nitrogens with one attached hydrogen (secondary N) is 2. The number of carbonyl (C=O) groups excluding carboxylic acids is 3. The minimum absolute atomic E-state index is 0.189. The van der Waals surface area contributed by atoms with E-state index in [2.05, 4.69) is 10.6 Å². The molecule has 0 bridgehead atoms. The second kappa shape index (κ2) is 8.47. The Morgan fingerprint density at radius 3 is 2.48 bits per heavy atom. The molecule has 4 rings (SSSR count). The molecule has 7 nitrogen and oxygen atoms in total. The van der Waals surface area contributed by atoms with Crippen molar-refractivity contribution in [2.24, 2.45) is 0 Å². The Morgan fingerprint density at radius 1 is 1.00 bits per heavy atom. The summed E-state index contributed by atoms with van der Waals surface area (Å²) < 4.78 is 5.29. The number of amides is 3. The summed E-state index contributed by atoms with van der Waals surface area (Å²) in [6, 6.07) is 15.6. The molecule has 3 aromatic rings. The van der Waals surface area contributed by atoms with Crippen molar-refractivity contribution in [3.05, 3.63) is 83.3 Å². The fourth-order valence-electron chi connectivity index (χ4n) is 3.76. The molecule has 0 saturated heterocycles. The summed E-state index contributed by atoms with van der Waals surface area (Å²) in [7, 11) is 0. The van der Waals surface area contributed by atoms with Crippen LogP contribution in [0.3, 0.4) is 0 Å². The maximum absolute atomic E-state index is 13.3. The number of rotatable bonds is 4. The fourth-order valence-corrected chi connectivity index (χ4v) is 3.76. The molecule has 1 unspecified atom stereocenters. The highest BCUT2D eigenvalue weighted by Gasteiger charge is 2.36. The van der Waals surface area contributed by atoms with Gasteiger partial charge in [-0.2, -0.15) is 0 Å². The van der Waals surface area contributed by atoms with Gasteiger partial charge >= 0.3 is 0 Å². The Morgan fingerprint density at radius 2 is 1.77 bits per heavy atom. The Hall–Kier alpha value is -3.87. The number of furan rings is 1. The monoisotopic (exact) mass is 417 g/mol. The lowest BCUT2D eigenvalue weighted by molar-refractivity contribution is -0.121. The molecular formula is C24H23N3O4. The predicted molar refractivity (Wildman–Crippen MR) is 117 cm³/mol. The molecular weight excluding hydrogens is 394 g/mol. The van der Waals surface area contributed by atoms with Gasteiger partial charge in [0.05, 0.1) is 6.26 Å². The van der Waals surface area contributed by atoms with Crippen LogP contribution in [0.15, 0.2) is 65.3 Å². The fraction of sp³-hybridized carbons (Fsp3) is 0.208. The van der Waals surface area contributed by atoms with Crippen LogP contribution < -0.4 is 10.6 Å². The van der Waals surface area contributed by atoms with Crippen molar-refractivity contribution in [1.29, 1.82) is 0 Å². The number of nitrogens with zero attached hydrogens (tertiary/aromatic N) is 1. The van der Waals surface area contributed by atoms with E-state index < -0.39 is 6.04 Å². The smallest absolute Gasteiger partial charge is 0.290 e. The summed E-state index contributed by atoms with van der Waals surface area (Å²) in [5.74, 6) is -0.624. The van der Waals surface area contributed by atoms with Gasteiger partial charge in [0.1, 0.15) is 6.04 Å². The van der Waals surface area contributed by atoms with Gasteiger partial charge in [-0.15, -0.1) is 0 Å². The largest absolute Gasteiger partial charge is 0.459 e. The molecule has 0 radical (unpaired) electrons. The quantitative estimate of drug-likeness (QED) is 0.676. The first-order valence-electron chi connectivity index (χ1n) is 10.0. The van der Waals surface area contributed by atoms with E-state index in [0.717, 1.165) is 16.7 Å². The molecule has 2 aromatic carbocycles. The zero-order chi connectivity index (χ0) is 22.0. The molecule has 0 fully saturated rings. The van der Waals surface area contributed by atoms with E-state index in [1.54, 1.807) is 29.2 Å². The minimum Gasteiger partial charge on any atom is -0.459 e. The Bertz CT molecular complexity index is 1140. The van der Waals surface area contributed by atoms with E-state index in [9.17, 15) is 14.4 Å². The van der Waals surface area contributed by atoms with Gasteiger partial charge in [-0.1, -0.05) is 30.3 Å². The van der Waals surface area contributed by atoms with Gasteiger partial charge in [-0.25, -0.2) is 0 Å². The molecule has 2 N–H and O–H groups in total. The molecule has 158 valence electrons. The van der Waals surface area contributed by atoms with Crippen LogP contribution in [0.1, 0.15) is 34.2 Å². The molecule has 0 aliphatic carbocycles. The highest BCUT2D eigenvalue weighted by Crippen LogP contribution is 2.27. The van der Waals surface area contributed by atoms with Crippen LogP contribution in [0.2, 0.25) is 0 Å². The summed E-state index contributed by atoms with van der Waals surface area (Å²) in [6.07, 6.45) is 1.84. The highest BCUT2D eigenvalue weighted by molar-refractivity contribution is 6.01. The van der Waals surface area contributed by atoms with Crippen molar-refractivity contribution in [3.8, 4) is 0 Å². The number of carbonyl (C=O) groups is 3. The van der Waals surface area contributed by atoms with Crippen LogP contribution in [-0.4, -0.2) is 28.7 Å². The molecule has 1 atom stereocenters. The highest BCUT2D eigenvalue weighted by atomic mass is 16.3. The molecule has 0 spiro atoms. The van der Waals surface area contributed by atoms with Crippen LogP contribution >= 0.6 is 0 Å². The van der Waals surface area contributed by atoms with E-state index in [1.807, 2.05) is 37.3 Å². The van der Waals surface area contributed by atoms with E-state index >= 15 is 0 Å². The maximum atomic E-state index is 13.3. The molecule has 7 heteroatoms. The number of hydrogen-bond donors (Lipinski definition) is 2. The van der Waals surface area contributed by atoms with Gasteiger partial charge in [-0.3, -0.25) is 14.4 Å². The first kappa shape index (κ1) is 20.4. The SMILES string of the molecule is CC(=O)Nc1cc(NC(=O)C2Cc3ccccc3CN2C(=O)c2ccco2)ccc1C. The van der Waals surface area contributed by atoms with Gasteiger partial charge < -0.3 is 20.0 Å². The zero-order valence-corrected chi connectivity index (χ0v) is 17.3. The second-order valence-corrected chi connectivity index (χ2v) is 7.60. The molecule has 2 heterocycles. The molecule has 1 aliphatic heterocycles. The number of hydrogen-bond acceptors (Lipinski definition) is 4. The van der Waals surface area contributed by atoms with Crippen molar-refractivity contribution in [2.75, 3.05) is 10.6 Å². The third kappa shape index (κ3) is 4.35. The van der Waals surface area contributed by atoms with Gasteiger partial charge in [0.25, 0.3) is 5.91 Å². The summed E-state index contributed by atoms with van der Waals surface area (Å²) in [5.41, 5.74) is 4.10. The standard InChI is InChI=1S/C24H23N3O4/c1-15-9-10-19(13-20(15)25-16(2)28)26-23(29)21-12-17-6-3-4-7-18(17)14-27(21)24(30)22-8-5-11-31-22/h3-11,13,21H,12,14H2,1-2H3,(H,25,28)(H,26,29). The summed E-state index contributed by atoms with van der Waals surface area (Å²) >= 11 is 0. The number of fused-ring (bicyclic) bond motifs is 1. The summed E-state index contributed by atoms with van der Waals surface area (Å²) in [6.45, 7) is 3.62. The van der Waals surface area contributed by atoms with Gasteiger partial charge in [0, 0.05) is 31.3 Å². The van der Waals surface area contributed by atoms with E-state index in [1.165, 1.54) is 13.2 Å². The Balaban J connectivity index is 1.61. The average molecular weight is 417 g/mol. The van der Waals surface area contributed by atoms with E-state index in [-0.39, 0.29) is 23.5 Å². The van der Waals surface area contributed by atoms with E-state index in [4.69, 9.17) is 4.42 Å². The Labute approximate surface area is 180 Å². The number of benzene rings is 2. The average Bonchev–Trinajstić information content (AvgIpc) is 3.29. The molecule has 3 amide bonds. The number of anilines is 2. The minimum atomic E-state index is -0.696. The molecule has 1 aliphatic rings. The first-order valence-corrected chi connectivity index (χ1v) is 10.0.